The summed E-state index contributed by atoms with van der Waals surface area (Å²) in [5, 5.41) is 4.01. The van der Waals surface area contributed by atoms with E-state index in [0.717, 1.165) is 36.6 Å². The van der Waals surface area contributed by atoms with E-state index >= 15 is 0 Å². The average molecular weight is 329 g/mol. The van der Waals surface area contributed by atoms with E-state index in [-0.39, 0.29) is 0 Å². The molecular formula is C16H17ClN6. The molecule has 0 bridgehead atoms. The van der Waals surface area contributed by atoms with Crippen molar-refractivity contribution >= 4 is 17.4 Å². The van der Waals surface area contributed by atoms with Gasteiger partial charge in [0.15, 0.2) is 0 Å². The quantitative estimate of drug-likeness (QED) is 0.799. The second-order valence-corrected chi connectivity index (χ2v) is 6.33. The molecule has 1 aliphatic heterocycles. The van der Waals surface area contributed by atoms with Gasteiger partial charge in [-0.3, -0.25) is 9.38 Å². The van der Waals surface area contributed by atoms with Crippen molar-refractivity contribution in [2.75, 3.05) is 13.1 Å². The minimum absolute atomic E-state index is 0.564. The maximum absolute atomic E-state index is 6.04. The Hall–Kier alpha value is -2.05. The molecule has 0 unspecified atom stereocenters. The number of hydrogen-bond acceptors (Lipinski definition) is 5. The molecule has 0 aliphatic carbocycles. The van der Waals surface area contributed by atoms with Crippen LogP contribution in [0.4, 0.5) is 0 Å². The van der Waals surface area contributed by atoms with E-state index in [4.69, 9.17) is 16.6 Å². The van der Waals surface area contributed by atoms with Gasteiger partial charge in [-0.25, -0.2) is 15.0 Å². The summed E-state index contributed by atoms with van der Waals surface area (Å²) in [5.41, 5.74) is 2.66. The molecule has 1 fully saturated rings. The first-order valence-corrected chi connectivity index (χ1v) is 8.18. The van der Waals surface area contributed by atoms with E-state index in [9.17, 15) is 0 Å². The molecule has 4 rings (SSSR count). The lowest BCUT2D eigenvalue weighted by Crippen LogP contribution is -2.31. The molecule has 0 saturated carbocycles. The molecule has 23 heavy (non-hydrogen) atoms. The van der Waals surface area contributed by atoms with Gasteiger partial charge < -0.3 is 5.32 Å². The van der Waals surface area contributed by atoms with Crippen LogP contribution in [0.25, 0.3) is 17.2 Å². The van der Waals surface area contributed by atoms with Crippen molar-refractivity contribution < 1.29 is 0 Å². The van der Waals surface area contributed by atoms with E-state index in [2.05, 4.69) is 20.3 Å². The van der Waals surface area contributed by atoms with E-state index in [1.807, 2.05) is 10.6 Å². The fraction of sp³-hybridized carbons (Fsp3) is 0.375. The van der Waals surface area contributed by atoms with Gasteiger partial charge in [-0.1, -0.05) is 11.6 Å². The molecule has 118 valence electrons. The Bertz CT molecular complexity index is 824. The van der Waals surface area contributed by atoms with Crippen LogP contribution in [-0.4, -0.2) is 37.4 Å². The number of hydrogen-bond donors (Lipinski definition) is 1. The van der Waals surface area contributed by atoms with Crippen molar-refractivity contribution in [2.24, 2.45) is 5.92 Å². The number of nitrogens with one attached hydrogen (secondary N) is 1. The molecule has 0 aromatic carbocycles. The van der Waals surface area contributed by atoms with Crippen molar-refractivity contribution in [1.29, 1.82) is 0 Å². The van der Waals surface area contributed by atoms with Crippen molar-refractivity contribution in [3.63, 3.8) is 0 Å². The molecule has 0 spiro atoms. The summed E-state index contributed by atoms with van der Waals surface area (Å²) in [6, 6.07) is 0. The second kappa shape index (κ2) is 6.22. The van der Waals surface area contributed by atoms with Crippen LogP contribution >= 0.6 is 11.6 Å². The predicted molar refractivity (Wildman–Crippen MR) is 88.3 cm³/mol. The van der Waals surface area contributed by atoms with Crippen LogP contribution in [0.15, 0.2) is 31.0 Å². The van der Waals surface area contributed by atoms with Gasteiger partial charge in [0.1, 0.15) is 5.69 Å². The normalized spacial score (nSPS) is 18.4. The van der Waals surface area contributed by atoms with Crippen LogP contribution < -0.4 is 5.32 Å². The van der Waals surface area contributed by atoms with Crippen LogP contribution in [0.2, 0.25) is 5.02 Å². The summed E-state index contributed by atoms with van der Waals surface area (Å²) in [6.45, 7) is 2.18. The largest absolute Gasteiger partial charge is 0.316 e. The van der Waals surface area contributed by atoms with Crippen LogP contribution in [0.5, 0.6) is 0 Å². The monoisotopic (exact) mass is 328 g/mol. The molecule has 0 radical (unpaired) electrons. The Morgan fingerprint density at radius 2 is 2.13 bits per heavy atom. The summed E-state index contributed by atoms with van der Waals surface area (Å²) in [5.74, 6) is 1.24. The van der Waals surface area contributed by atoms with Gasteiger partial charge in [-0.05, 0) is 38.3 Å². The third-order valence-electron chi connectivity index (χ3n) is 4.18. The Morgan fingerprint density at radius 1 is 1.22 bits per heavy atom. The first kappa shape index (κ1) is 14.5. The van der Waals surface area contributed by atoms with Gasteiger partial charge in [0, 0.05) is 12.4 Å². The second-order valence-electron chi connectivity index (χ2n) is 5.90. The van der Waals surface area contributed by atoms with Gasteiger partial charge in [-0.2, -0.15) is 0 Å². The predicted octanol–water partition coefficient (Wildman–Crippen LogP) is 2.38. The van der Waals surface area contributed by atoms with Crippen molar-refractivity contribution in [3.8, 4) is 11.4 Å². The maximum Gasteiger partial charge on any atom is 0.234 e. The smallest absolute Gasteiger partial charge is 0.234 e. The van der Waals surface area contributed by atoms with Crippen LogP contribution in [-0.2, 0) is 6.42 Å². The average Bonchev–Trinajstić information content (AvgIpc) is 2.99. The highest BCUT2D eigenvalue weighted by Crippen LogP contribution is 2.21. The number of piperidine rings is 1. The number of nitrogens with zero attached hydrogens (tertiary/aromatic N) is 5. The molecule has 0 amide bonds. The number of fused-ring (bicyclic) bond motifs is 1. The van der Waals surface area contributed by atoms with E-state index in [1.165, 1.54) is 12.8 Å². The van der Waals surface area contributed by atoms with E-state index in [0.29, 0.717) is 16.7 Å². The van der Waals surface area contributed by atoms with Crippen molar-refractivity contribution in [3.05, 3.63) is 41.7 Å². The zero-order chi connectivity index (χ0) is 15.6. The van der Waals surface area contributed by atoms with Gasteiger partial charge in [0.05, 0.1) is 35.0 Å². The van der Waals surface area contributed by atoms with Crippen LogP contribution in [0.3, 0.4) is 0 Å². The third kappa shape index (κ3) is 3.04. The lowest BCUT2D eigenvalue weighted by molar-refractivity contribution is 0.373. The molecule has 4 heterocycles. The highest BCUT2D eigenvalue weighted by atomic mass is 35.5. The first-order chi connectivity index (χ1) is 11.3. The van der Waals surface area contributed by atoms with Crippen LogP contribution in [0, 0.1) is 5.92 Å². The molecule has 1 saturated heterocycles. The molecule has 1 aliphatic rings. The van der Waals surface area contributed by atoms with E-state index < -0.39 is 0 Å². The molecule has 6 nitrogen and oxygen atoms in total. The Morgan fingerprint density at radius 3 is 3.00 bits per heavy atom. The zero-order valence-electron chi connectivity index (χ0n) is 12.6. The summed E-state index contributed by atoms with van der Waals surface area (Å²) < 4.78 is 1.85. The fourth-order valence-corrected chi connectivity index (χ4v) is 3.21. The highest BCUT2D eigenvalue weighted by Gasteiger charge is 2.15. The SMILES string of the molecule is Clc1cnc2ncc(-c3cncc(C[C@H]4CCCNC4)n3)n2c1. The lowest BCUT2D eigenvalue weighted by atomic mass is 9.95. The van der Waals surface area contributed by atoms with Crippen molar-refractivity contribution in [2.45, 2.75) is 19.3 Å². The van der Waals surface area contributed by atoms with Gasteiger partial charge in [0.25, 0.3) is 0 Å². The topological polar surface area (TPSA) is 68.0 Å². The lowest BCUT2D eigenvalue weighted by Gasteiger charge is -2.22. The fourth-order valence-electron chi connectivity index (χ4n) is 3.06. The highest BCUT2D eigenvalue weighted by molar-refractivity contribution is 6.30. The minimum atomic E-state index is 0.564. The number of aromatic nitrogens is 5. The van der Waals surface area contributed by atoms with Gasteiger partial charge in [0.2, 0.25) is 5.78 Å². The summed E-state index contributed by atoms with van der Waals surface area (Å²) in [6.07, 6.45) is 12.2. The summed E-state index contributed by atoms with van der Waals surface area (Å²) in [7, 11) is 0. The number of halogens is 1. The summed E-state index contributed by atoms with van der Waals surface area (Å²) >= 11 is 6.04. The zero-order valence-corrected chi connectivity index (χ0v) is 13.4. The summed E-state index contributed by atoms with van der Waals surface area (Å²) in [4.78, 5) is 17.6. The van der Waals surface area contributed by atoms with Crippen LogP contribution in [0.1, 0.15) is 18.5 Å². The Kier molecular flexibility index (Phi) is 3.93. The standard InChI is InChI=1S/C16H17ClN6/c17-12-6-20-16-21-9-15(23(16)10-12)14-8-19-7-13(22-14)4-11-2-1-3-18-5-11/h6-11,18H,1-5H2/t11-/m1/s1. The molecule has 3 aromatic rings. The van der Waals surface area contributed by atoms with Gasteiger partial charge >= 0.3 is 0 Å². The molecular weight excluding hydrogens is 312 g/mol. The third-order valence-corrected chi connectivity index (χ3v) is 4.37. The molecule has 3 aromatic heterocycles. The number of imidazole rings is 1. The van der Waals surface area contributed by atoms with E-state index in [1.54, 1.807) is 24.8 Å². The molecule has 1 N–H and O–H groups in total. The Balaban J connectivity index is 1.65. The van der Waals surface area contributed by atoms with Gasteiger partial charge in [-0.15, -0.1) is 0 Å². The molecule has 1 atom stereocenters. The Labute approximate surface area is 139 Å². The molecule has 7 heteroatoms. The number of rotatable bonds is 3. The van der Waals surface area contributed by atoms with Crippen molar-refractivity contribution in [1.82, 2.24) is 29.7 Å². The first-order valence-electron chi connectivity index (χ1n) is 7.80. The minimum Gasteiger partial charge on any atom is -0.316 e. The maximum atomic E-state index is 6.04.